The number of nitrogens with one attached hydrogen (secondary N) is 1. The summed E-state index contributed by atoms with van der Waals surface area (Å²) in [6, 6.07) is 0. The molecule has 4 nitrogen and oxygen atoms in total. The van der Waals surface area contributed by atoms with E-state index >= 15 is 0 Å². The van der Waals surface area contributed by atoms with Crippen LogP contribution in [-0.4, -0.2) is 27.9 Å². The van der Waals surface area contributed by atoms with Crippen LogP contribution in [0.2, 0.25) is 0 Å². The molecule has 0 bridgehead atoms. The number of rotatable bonds is 9. The number of hydrogen-bond acceptors (Lipinski definition) is 3. The Labute approximate surface area is 130 Å². The van der Waals surface area contributed by atoms with Gasteiger partial charge in [-0.2, -0.15) is 5.10 Å². The highest BCUT2D eigenvalue weighted by atomic mass is 15.3. The summed E-state index contributed by atoms with van der Waals surface area (Å²) < 4.78 is 2.08. The van der Waals surface area contributed by atoms with Crippen LogP contribution in [0.4, 0.5) is 0 Å². The topological polar surface area (TPSA) is 42.7 Å². The van der Waals surface area contributed by atoms with E-state index < -0.39 is 0 Å². The summed E-state index contributed by atoms with van der Waals surface area (Å²) >= 11 is 0. The molecule has 0 saturated heterocycles. The number of nitrogens with zero attached hydrogens (tertiary/aromatic N) is 3. The molecule has 0 amide bonds. The van der Waals surface area contributed by atoms with Crippen molar-refractivity contribution in [2.75, 3.05) is 13.1 Å². The Morgan fingerprint density at radius 2 is 1.81 bits per heavy atom. The largest absolute Gasteiger partial charge is 0.316 e. The first-order valence-corrected chi connectivity index (χ1v) is 8.32. The fraction of sp³-hybridized carbons (Fsp3) is 0.882. The van der Waals surface area contributed by atoms with Crippen LogP contribution in [0.5, 0.6) is 0 Å². The maximum absolute atomic E-state index is 4.50. The van der Waals surface area contributed by atoms with Crippen molar-refractivity contribution in [2.45, 2.75) is 61.4 Å². The van der Waals surface area contributed by atoms with Gasteiger partial charge in [-0.1, -0.05) is 48.5 Å². The van der Waals surface area contributed by atoms with E-state index in [2.05, 4.69) is 68.5 Å². The quantitative estimate of drug-likeness (QED) is 0.759. The zero-order chi connectivity index (χ0) is 16.0. The molecule has 1 aromatic rings. The summed E-state index contributed by atoms with van der Waals surface area (Å²) in [6.45, 7) is 19.0. The average molecular weight is 294 g/mol. The predicted octanol–water partition coefficient (Wildman–Crippen LogP) is 3.38. The molecular weight excluding hydrogens is 260 g/mol. The fourth-order valence-corrected chi connectivity index (χ4v) is 2.40. The van der Waals surface area contributed by atoms with Crippen molar-refractivity contribution in [2.24, 2.45) is 23.2 Å². The van der Waals surface area contributed by atoms with Crippen molar-refractivity contribution in [3.63, 3.8) is 0 Å². The van der Waals surface area contributed by atoms with Gasteiger partial charge in [0.1, 0.15) is 12.2 Å². The van der Waals surface area contributed by atoms with Gasteiger partial charge in [-0.15, -0.1) is 0 Å². The van der Waals surface area contributed by atoms with Crippen molar-refractivity contribution in [3.8, 4) is 0 Å². The molecule has 21 heavy (non-hydrogen) atoms. The van der Waals surface area contributed by atoms with Crippen LogP contribution >= 0.6 is 0 Å². The minimum absolute atomic E-state index is 0.205. The van der Waals surface area contributed by atoms with E-state index in [4.69, 9.17) is 0 Å². The van der Waals surface area contributed by atoms with Gasteiger partial charge in [0.05, 0.1) is 0 Å². The van der Waals surface area contributed by atoms with Gasteiger partial charge in [-0.3, -0.25) is 0 Å². The van der Waals surface area contributed by atoms with Crippen LogP contribution in [0, 0.1) is 23.2 Å². The SMILES string of the molecule is CC(C)CNCC(C)(Cc1ncnn1CC(C)C)C(C)C. The maximum Gasteiger partial charge on any atom is 0.138 e. The van der Waals surface area contributed by atoms with Gasteiger partial charge in [0.2, 0.25) is 0 Å². The van der Waals surface area contributed by atoms with E-state index in [0.717, 1.165) is 31.9 Å². The Morgan fingerprint density at radius 1 is 1.14 bits per heavy atom. The summed E-state index contributed by atoms with van der Waals surface area (Å²) in [5.74, 6) is 2.99. The Balaban J connectivity index is 2.75. The lowest BCUT2D eigenvalue weighted by molar-refractivity contribution is 0.197. The zero-order valence-electron chi connectivity index (χ0n) is 15.0. The van der Waals surface area contributed by atoms with Crippen molar-refractivity contribution >= 4 is 0 Å². The maximum atomic E-state index is 4.50. The van der Waals surface area contributed by atoms with E-state index in [-0.39, 0.29) is 5.41 Å². The van der Waals surface area contributed by atoms with Gasteiger partial charge in [0.25, 0.3) is 0 Å². The number of hydrogen-bond donors (Lipinski definition) is 1. The van der Waals surface area contributed by atoms with Crippen molar-refractivity contribution in [3.05, 3.63) is 12.2 Å². The lowest BCUT2D eigenvalue weighted by Crippen LogP contribution is -2.40. The van der Waals surface area contributed by atoms with Crippen LogP contribution in [0.3, 0.4) is 0 Å². The third-order valence-corrected chi connectivity index (χ3v) is 4.27. The highest BCUT2D eigenvalue weighted by molar-refractivity contribution is 4.95. The minimum Gasteiger partial charge on any atom is -0.316 e. The van der Waals surface area contributed by atoms with Crippen LogP contribution in [0.15, 0.2) is 6.33 Å². The van der Waals surface area contributed by atoms with Crippen molar-refractivity contribution in [1.82, 2.24) is 20.1 Å². The second-order valence-corrected chi connectivity index (χ2v) is 7.76. The molecule has 122 valence electrons. The van der Waals surface area contributed by atoms with Crippen LogP contribution in [0.1, 0.15) is 54.3 Å². The first-order chi connectivity index (χ1) is 9.74. The summed E-state index contributed by atoms with van der Waals surface area (Å²) in [5, 5.41) is 8.02. The number of aromatic nitrogens is 3. The lowest BCUT2D eigenvalue weighted by atomic mass is 9.76. The summed E-state index contributed by atoms with van der Waals surface area (Å²) in [4.78, 5) is 4.50. The van der Waals surface area contributed by atoms with E-state index in [1.54, 1.807) is 6.33 Å². The van der Waals surface area contributed by atoms with Crippen LogP contribution in [0.25, 0.3) is 0 Å². The molecule has 0 radical (unpaired) electrons. The predicted molar refractivity (Wildman–Crippen MR) is 89.2 cm³/mol. The molecule has 0 aromatic carbocycles. The average Bonchev–Trinajstić information content (AvgIpc) is 2.74. The molecule has 1 unspecified atom stereocenters. The van der Waals surface area contributed by atoms with Gasteiger partial charge >= 0.3 is 0 Å². The van der Waals surface area contributed by atoms with Crippen LogP contribution in [-0.2, 0) is 13.0 Å². The minimum atomic E-state index is 0.205. The Kier molecular flexibility index (Phi) is 6.85. The summed E-state index contributed by atoms with van der Waals surface area (Å²) in [5.41, 5.74) is 0.205. The van der Waals surface area contributed by atoms with Gasteiger partial charge in [0, 0.05) is 19.5 Å². The molecule has 1 heterocycles. The van der Waals surface area contributed by atoms with Gasteiger partial charge < -0.3 is 5.32 Å². The molecular formula is C17H34N4. The molecule has 1 N–H and O–H groups in total. The molecule has 1 rings (SSSR count). The highest BCUT2D eigenvalue weighted by Crippen LogP contribution is 2.30. The fourth-order valence-electron chi connectivity index (χ4n) is 2.40. The van der Waals surface area contributed by atoms with E-state index in [1.165, 1.54) is 0 Å². The molecule has 0 fully saturated rings. The lowest BCUT2D eigenvalue weighted by Gasteiger charge is -2.34. The Bertz CT molecular complexity index is 409. The normalized spacial score (nSPS) is 15.1. The van der Waals surface area contributed by atoms with Gasteiger partial charge in [-0.25, -0.2) is 9.67 Å². The Morgan fingerprint density at radius 3 is 2.33 bits per heavy atom. The van der Waals surface area contributed by atoms with Gasteiger partial charge in [-0.05, 0) is 29.7 Å². The third-order valence-electron chi connectivity index (χ3n) is 4.27. The van der Waals surface area contributed by atoms with E-state index in [0.29, 0.717) is 17.8 Å². The van der Waals surface area contributed by atoms with Gasteiger partial charge in [0.15, 0.2) is 0 Å². The molecule has 0 aliphatic heterocycles. The molecule has 0 aliphatic carbocycles. The molecule has 1 aromatic heterocycles. The first kappa shape index (κ1) is 18.1. The van der Waals surface area contributed by atoms with E-state index in [1.807, 2.05) is 0 Å². The molecule has 0 aliphatic rings. The monoisotopic (exact) mass is 294 g/mol. The summed E-state index contributed by atoms with van der Waals surface area (Å²) in [6.07, 6.45) is 2.67. The summed E-state index contributed by atoms with van der Waals surface area (Å²) in [7, 11) is 0. The van der Waals surface area contributed by atoms with Crippen LogP contribution < -0.4 is 5.32 Å². The molecule has 1 atom stereocenters. The van der Waals surface area contributed by atoms with Crippen molar-refractivity contribution in [1.29, 1.82) is 0 Å². The molecule has 4 heteroatoms. The highest BCUT2D eigenvalue weighted by Gasteiger charge is 2.30. The third kappa shape index (κ3) is 5.77. The molecule has 0 spiro atoms. The first-order valence-electron chi connectivity index (χ1n) is 8.32. The standard InChI is InChI=1S/C17H34N4/c1-13(2)9-18-11-17(7,15(5)6)8-16-19-12-20-21(16)10-14(3)4/h12-15,18H,8-11H2,1-7H3. The smallest absolute Gasteiger partial charge is 0.138 e. The Hall–Kier alpha value is -0.900. The zero-order valence-corrected chi connectivity index (χ0v) is 15.0. The second kappa shape index (κ2) is 7.92. The van der Waals surface area contributed by atoms with E-state index in [9.17, 15) is 0 Å². The van der Waals surface area contributed by atoms with Crippen molar-refractivity contribution < 1.29 is 0 Å². The second-order valence-electron chi connectivity index (χ2n) is 7.76. The molecule has 0 saturated carbocycles.